The molecule has 0 aliphatic carbocycles. The molecule has 1 aromatic heterocycles. The molecule has 2 N–H and O–H groups in total. The molecule has 1 aliphatic rings. The highest BCUT2D eigenvalue weighted by Gasteiger charge is 2.24. The monoisotopic (exact) mass is 277 g/mol. The van der Waals surface area contributed by atoms with Crippen LogP contribution < -0.4 is 5.73 Å². The van der Waals surface area contributed by atoms with Crippen LogP contribution in [0, 0.1) is 12.3 Å². The SMILES string of the molecule is C#CCC(N)C(=O)N1CCN(Cc2cccs2)CC1. The molecule has 1 aliphatic heterocycles. The van der Waals surface area contributed by atoms with Crippen molar-refractivity contribution in [3.05, 3.63) is 22.4 Å². The van der Waals surface area contributed by atoms with E-state index in [-0.39, 0.29) is 5.91 Å². The van der Waals surface area contributed by atoms with Crippen LogP contribution in [0.1, 0.15) is 11.3 Å². The smallest absolute Gasteiger partial charge is 0.240 e. The summed E-state index contributed by atoms with van der Waals surface area (Å²) >= 11 is 1.77. The predicted molar refractivity (Wildman–Crippen MR) is 77.6 cm³/mol. The van der Waals surface area contributed by atoms with Crippen LogP contribution in [0.5, 0.6) is 0 Å². The van der Waals surface area contributed by atoms with Crippen LogP contribution in [-0.4, -0.2) is 47.9 Å². The Morgan fingerprint density at radius 3 is 2.79 bits per heavy atom. The predicted octanol–water partition coefficient (Wildman–Crippen LogP) is 0.743. The molecule has 1 unspecified atom stereocenters. The Hall–Kier alpha value is -1.35. The molecule has 1 fully saturated rings. The van der Waals surface area contributed by atoms with Crippen LogP contribution in [0.3, 0.4) is 0 Å². The number of nitrogens with zero attached hydrogens (tertiary/aromatic N) is 2. The lowest BCUT2D eigenvalue weighted by molar-refractivity contribution is -0.134. The van der Waals surface area contributed by atoms with Crippen molar-refractivity contribution in [2.24, 2.45) is 5.73 Å². The zero-order valence-corrected chi connectivity index (χ0v) is 11.7. The van der Waals surface area contributed by atoms with Gasteiger partial charge in [-0.15, -0.1) is 23.7 Å². The number of hydrogen-bond donors (Lipinski definition) is 1. The summed E-state index contributed by atoms with van der Waals surface area (Å²) in [6.45, 7) is 4.24. The quantitative estimate of drug-likeness (QED) is 0.826. The average molecular weight is 277 g/mol. The summed E-state index contributed by atoms with van der Waals surface area (Å²) in [6, 6.07) is 3.66. The zero-order valence-electron chi connectivity index (χ0n) is 10.9. The number of piperazine rings is 1. The Kier molecular flexibility index (Phi) is 4.97. The van der Waals surface area contributed by atoms with Gasteiger partial charge in [0.1, 0.15) is 0 Å². The van der Waals surface area contributed by atoms with Crippen molar-refractivity contribution >= 4 is 17.2 Å². The lowest BCUT2D eigenvalue weighted by atomic mass is 10.2. The number of nitrogens with two attached hydrogens (primary N) is 1. The topological polar surface area (TPSA) is 49.6 Å². The maximum atomic E-state index is 12.0. The molecule has 1 atom stereocenters. The molecule has 1 saturated heterocycles. The molecule has 0 aromatic carbocycles. The van der Waals surface area contributed by atoms with Gasteiger partial charge < -0.3 is 10.6 Å². The molecular weight excluding hydrogens is 258 g/mol. The highest BCUT2D eigenvalue weighted by molar-refractivity contribution is 7.09. The highest BCUT2D eigenvalue weighted by Crippen LogP contribution is 2.13. The summed E-state index contributed by atoms with van der Waals surface area (Å²) in [6.07, 6.45) is 5.50. The van der Waals surface area contributed by atoms with E-state index < -0.39 is 6.04 Å². The molecule has 2 heterocycles. The summed E-state index contributed by atoms with van der Waals surface area (Å²) in [5.74, 6) is 2.42. The molecule has 0 spiro atoms. The van der Waals surface area contributed by atoms with E-state index in [0.29, 0.717) is 6.42 Å². The molecule has 5 heteroatoms. The Labute approximate surface area is 118 Å². The van der Waals surface area contributed by atoms with Crippen molar-refractivity contribution in [2.75, 3.05) is 26.2 Å². The molecule has 102 valence electrons. The minimum absolute atomic E-state index is 0.0197. The second kappa shape index (κ2) is 6.71. The third-order valence-corrected chi connectivity index (χ3v) is 4.16. The van der Waals surface area contributed by atoms with E-state index in [1.165, 1.54) is 4.88 Å². The van der Waals surface area contributed by atoms with E-state index in [1.807, 2.05) is 4.90 Å². The van der Waals surface area contributed by atoms with E-state index in [4.69, 9.17) is 12.2 Å². The van der Waals surface area contributed by atoms with E-state index in [9.17, 15) is 4.79 Å². The summed E-state index contributed by atoms with van der Waals surface area (Å²) < 4.78 is 0. The van der Waals surface area contributed by atoms with Crippen molar-refractivity contribution in [2.45, 2.75) is 19.0 Å². The minimum atomic E-state index is -0.547. The molecule has 0 bridgehead atoms. The highest BCUT2D eigenvalue weighted by atomic mass is 32.1. The van der Waals surface area contributed by atoms with Crippen LogP contribution in [0.15, 0.2) is 17.5 Å². The van der Waals surface area contributed by atoms with Gasteiger partial charge >= 0.3 is 0 Å². The molecule has 1 amide bonds. The number of hydrogen-bond acceptors (Lipinski definition) is 4. The van der Waals surface area contributed by atoms with Gasteiger partial charge in [-0.05, 0) is 11.4 Å². The summed E-state index contributed by atoms with van der Waals surface area (Å²) in [5.41, 5.74) is 5.76. The van der Waals surface area contributed by atoms with Crippen molar-refractivity contribution in [1.29, 1.82) is 0 Å². The first-order chi connectivity index (χ1) is 9.20. The molecule has 0 saturated carbocycles. The molecule has 2 rings (SSSR count). The second-order valence-corrected chi connectivity index (χ2v) is 5.73. The molecule has 4 nitrogen and oxygen atoms in total. The fraction of sp³-hybridized carbons (Fsp3) is 0.500. The van der Waals surface area contributed by atoms with Crippen molar-refractivity contribution in [1.82, 2.24) is 9.80 Å². The number of terminal acetylenes is 1. The summed E-state index contributed by atoms with van der Waals surface area (Å²) in [7, 11) is 0. The standard InChI is InChI=1S/C14H19N3OS/c1-2-4-13(15)14(18)17-8-6-16(7-9-17)11-12-5-3-10-19-12/h1,3,5,10,13H,4,6-9,11,15H2. The number of carbonyl (C=O) groups excluding carboxylic acids is 1. The van der Waals surface area contributed by atoms with Gasteiger partial charge in [0.15, 0.2) is 0 Å². The van der Waals surface area contributed by atoms with Crippen molar-refractivity contribution in [3.8, 4) is 12.3 Å². The van der Waals surface area contributed by atoms with Crippen LogP contribution in [0.2, 0.25) is 0 Å². The van der Waals surface area contributed by atoms with Gasteiger partial charge in [-0.1, -0.05) is 6.07 Å². The van der Waals surface area contributed by atoms with E-state index in [0.717, 1.165) is 32.7 Å². The van der Waals surface area contributed by atoms with Crippen LogP contribution in [-0.2, 0) is 11.3 Å². The van der Waals surface area contributed by atoms with Gasteiger partial charge in [-0.2, -0.15) is 0 Å². The Morgan fingerprint density at radius 1 is 1.47 bits per heavy atom. The first kappa shape index (κ1) is 14.1. The zero-order chi connectivity index (χ0) is 13.7. The number of carbonyl (C=O) groups is 1. The van der Waals surface area contributed by atoms with Gasteiger partial charge in [-0.25, -0.2) is 0 Å². The largest absolute Gasteiger partial charge is 0.339 e. The lowest BCUT2D eigenvalue weighted by Gasteiger charge is -2.35. The Morgan fingerprint density at radius 2 is 2.21 bits per heavy atom. The molecule has 19 heavy (non-hydrogen) atoms. The van der Waals surface area contributed by atoms with E-state index >= 15 is 0 Å². The number of amides is 1. The fourth-order valence-corrected chi connectivity index (χ4v) is 2.94. The van der Waals surface area contributed by atoms with Crippen LogP contribution in [0.4, 0.5) is 0 Å². The maximum absolute atomic E-state index is 12.0. The van der Waals surface area contributed by atoms with Crippen molar-refractivity contribution < 1.29 is 4.79 Å². The number of thiophene rings is 1. The van der Waals surface area contributed by atoms with Gasteiger partial charge in [-0.3, -0.25) is 9.69 Å². The first-order valence-corrected chi connectivity index (χ1v) is 7.31. The van der Waals surface area contributed by atoms with Crippen LogP contribution >= 0.6 is 11.3 Å². The maximum Gasteiger partial charge on any atom is 0.240 e. The third-order valence-electron chi connectivity index (χ3n) is 3.30. The summed E-state index contributed by atoms with van der Waals surface area (Å²) in [4.78, 5) is 17.6. The molecule has 1 aromatic rings. The van der Waals surface area contributed by atoms with Crippen LogP contribution in [0.25, 0.3) is 0 Å². The first-order valence-electron chi connectivity index (χ1n) is 6.43. The Bertz CT molecular complexity index is 444. The van der Waals surface area contributed by atoms with Gasteiger partial charge in [0.05, 0.1) is 6.04 Å². The van der Waals surface area contributed by atoms with Gasteiger partial charge in [0.2, 0.25) is 5.91 Å². The Balaban J connectivity index is 1.79. The second-order valence-electron chi connectivity index (χ2n) is 4.70. The lowest BCUT2D eigenvalue weighted by Crippen LogP contribution is -2.52. The molecule has 0 radical (unpaired) electrons. The fourth-order valence-electron chi connectivity index (χ4n) is 2.20. The summed E-state index contributed by atoms with van der Waals surface area (Å²) in [5, 5.41) is 2.09. The number of rotatable bonds is 4. The minimum Gasteiger partial charge on any atom is -0.339 e. The third kappa shape index (κ3) is 3.80. The van der Waals surface area contributed by atoms with Gasteiger partial charge in [0, 0.05) is 44.0 Å². The normalized spacial score (nSPS) is 18.0. The van der Waals surface area contributed by atoms with Crippen molar-refractivity contribution in [3.63, 3.8) is 0 Å². The average Bonchev–Trinajstić information content (AvgIpc) is 2.92. The molecular formula is C14H19N3OS. The van der Waals surface area contributed by atoms with Gasteiger partial charge in [0.25, 0.3) is 0 Å². The van der Waals surface area contributed by atoms with E-state index in [1.54, 1.807) is 11.3 Å². The van der Waals surface area contributed by atoms with E-state index in [2.05, 4.69) is 28.3 Å².